The Kier molecular flexibility index (Phi) is 6.83. The summed E-state index contributed by atoms with van der Waals surface area (Å²) in [5, 5.41) is 5.35. The Morgan fingerprint density at radius 2 is 1.79 bits per heavy atom. The van der Waals surface area contributed by atoms with Crippen LogP contribution in [0.25, 0.3) is 33.3 Å². The van der Waals surface area contributed by atoms with E-state index in [4.69, 9.17) is 4.98 Å². The van der Waals surface area contributed by atoms with Gasteiger partial charge in [-0.25, -0.2) is 18.2 Å². The maximum atomic E-state index is 13.3. The zero-order chi connectivity index (χ0) is 29.9. The molecule has 1 N–H and O–H groups in total. The minimum Gasteiger partial charge on any atom is -0.342 e. The molecule has 0 unspecified atom stereocenters. The Hall–Kier alpha value is -4.19. The van der Waals surface area contributed by atoms with Gasteiger partial charge in [0.2, 0.25) is 5.91 Å². The van der Waals surface area contributed by atoms with Crippen molar-refractivity contribution in [2.24, 2.45) is 14.1 Å². The number of nitrogens with zero attached hydrogens (tertiary/aromatic N) is 6. The number of hydrogen-bond donors (Lipinski definition) is 1. The van der Waals surface area contributed by atoms with Gasteiger partial charge in [-0.1, -0.05) is 12.1 Å². The fourth-order valence-corrected chi connectivity index (χ4v) is 6.86. The van der Waals surface area contributed by atoms with Gasteiger partial charge in [0.05, 0.1) is 40.4 Å². The van der Waals surface area contributed by atoms with E-state index in [-0.39, 0.29) is 34.9 Å². The average molecular weight is 590 g/mol. The molecule has 11 nitrogen and oxygen atoms in total. The van der Waals surface area contributed by atoms with Crippen LogP contribution in [0.1, 0.15) is 49.8 Å². The number of carbonyl (C=O) groups excluding carboxylic acids is 1. The molecule has 0 aliphatic carbocycles. The van der Waals surface area contributed by atoms with Gasteiger partial charge in [0.1, 0.15) is 5.65 Å². The van der Waals surface area contributed by atoms with Crippen LogP contribution >= 0.6 is 0 Å². The molecule has 5 heterocycles. The van der Waals surface area contributed by atoms with Gasteiger partial charge in [-0.05, 0) is 55.9 Å². The summed E-state index contributed by atoms with van der Waals surface area (Å²) in [7, 11) is 0.381. The van der Waals surface area contributed by atoms with E-state index in [0.717, 1.165) is 57.3 Å². The predicted molar refractivity (Wildman–Crippen MR) is 161 cm³/mol. The number of aryl methyl sites for hydroxylation is 2. The van der Waals surface area contributed by atoms with E-state index in [1.165, 1.54) is 6.26 Å². The number of benzene rings is 1. The summed E-state index contributed by atoms with van der Waals surface area (Å²) < 4.78 is 28.8. The number of pyridine rings is 1. The van der Waals surface area contributed by atoms with Crippen molar-refractivity contribution in [3.05, 3.63) is 64.5 Å². The highest BCUT2D eigenvalue weighted by molar-refractivity contribution is 7.90. The number of carbonyl (C=O) groups is 1. The molecule has 1 amide bonds. The monoisotopic (exact) mass is 589 g/mol. The van der Waals surface area contributed by atoms with E-state index in [1.807, 2.05) is 42.8 Å². The summed E-state index contributed by atoms with van der Waals surface area (Å²) in [5.74, 6) is 0.156. The molecule has 6 rings (SSSR count). The van der Waals surface area contributed by atoms with Crippen LogP contribution in [0.3, 0.4) is 0 Å². The number of piperidine rings is 1. The molecule has 1 aromatic carbocycles. The minimum atomic E-state index is -3.28. The smallest absolute Gasteiger partial charge is 0.329 e. The maximum absolute atomic E-state index is 13.3. The summed E-state index contributed by atoms with van der Waals surface area (Å²) >= 11 is 0. The lowest BCUT2D eigenvalue weighted by molar-refractivity contribution is -0.131. The molecule has 4 aromatic heterocycles. The Balaban J connectivity index is 1.35. The lowest BCUT2D eigenvalue weighted by Crippen LogP contribution is -2.38. The Bertz CT molecular complexity index is 1990. The number of fused-ring (bicyclic) bond motifs is 3. The van der Waals surface area contributed by atoms with Crippen molar-refractivity contribution < 1.29 is 13.2 Å². The van der Waals surface area contributed by atoms with Crippen LogP contribution in [-0.4, -0.2) is 67.5 Å². The van der Waals surface area contributed by atoms with Crippen molar-refractivity contribution in [3.8, 4) is 11.3 Å². The van der Waals surface area contributed by atoms with Gasteiger partial charge in [0, 0.05) is 56.6 Å². The standard InChI is InChI=1S/C30H35N7O4S/c1-18(2)37-28-23(35(4)30(37)39)16-31-29-26(28)25(27(33-29)21-15-32-34(3)17-21)20-10-12-36(13-11-20)24(38)14-19-6-8-22(9-7-19)42(5,40)41/h6-9,15-18,20H,10-14H2,1-5H3,(H,31,33). The van der Waals surface area contributed by atoms with Gasteiger partial charge in [0.15, 0.2) is 9.84 Å². The highest BCUT2D eigenvalue weighted by Crippen LogP contribution is 2.42. The number of sulfone groups is 1. The van der Waals surface area contributed by atoms with Gasteiger partial charge in [0.25, 0.3) is 0 Å². The maximum Gasteiger partial charge on any atom is 0.329 e. The molecule has 0 radical (unpaired) electrons. The number of imidazole rings is 1. The molecule has 1 saturated heterocycles. The molecule has 42 heavy (non-hydrogen) atoms. The summed E-state index contributed by atoms with van der Waals surface area (Å²) in [5.41, 5.74) is 6.11. The number of aromatic amines is 1. The number of rotatable bonds is 6. The molecule has 1 aliphatic rings. The fourth-order valence-electron chi connectivity index (χ4n) is 6.23. The van der Waals surface area contributed by atoms with Gasteiger partial charge < -0.3 is 9.88 Å². The number of amides is 1. The molecule has 12 heteroatoms. The molecule has 1 fully saturated rings. The van der Waals surface area contributed by atoms with Gasteiger partial charge >= 0.3 is 5.69 Å². The van der Waals surface area contributed by atoms with Crippen LogP contribution < -0.4 is 5.69 Å². The number of H-pyrrole nitrogens is 1. The summed E-state index contributed by atoms with van der Waals surface area (Å²) in [4.78, 5) is 36.9. The molecular weight excluding hydrogens is 554 g/mol. The second-order valence-electron chi connectivity index (χ2n) is 11.6. The van der Waals surface area contributed by atoms with Crippen LogP contribution in [0.2, 0.25) is 0 Å². The third-order valence-electron chi connectivity index (χ3n) is 8.38. The molecule has 5 aromatic rings. The van der Waals surface area contributed by atoms with E-state index in [2.05, 4.69) is 10.1 Å². The Morgan fingerprint density at radius 3 is 2.38 bits per heavy atom. The first kappa shape index (κ1) is 28.0. The lowest BCUT2D eigenvalue weighted by Gasteiger charge is -2.32. The molecular formula is C30H35N7O4S. The third kappa shape index (κ3) is 4.73. The number of nitrogens with one attached hydrogen (secondary N) is 1. The minimum absolute atomic E-state index is 0.0210. The van der Waals surface area contributed by atoms with Crippen molar-refractivity contribution in [1.82, 2.24) is 33.8 Å². The van der Waals surface area contributed by atoms with E-state index < -0.39 is 9.84 Å². The van der Waals surface area contributed by atoms with Crippen molar-refractivity contribution >= 4 is 37.8 Å². The molecule has 0 bridgehead atoms. The predicted octanol–water partition coefficient (Wildman–Crippen LogP) is 3.55. The van der Waals surface area contributed by atoms with Crippen LogP contribution in [0.15, 0.2) is 52.5 Å². The van der Waals surface area contributed by atoms with Crippen molar-refractivity contribution in [2.75, 3.05) is 19.3 Å². The summed E-state index contributed by atoms with van der Waals surface area (Å²) in [6.45, 7) is 5.22. The largest absolute Gasteiger partial charge is 0.342 e. The SMILES string of the molecule is CC(C)n1c(=O)n(C)c2cnc3[nH]c(-c4cnn(C)c4)c(C4CCN(C(=O)Cc5ccc(S(C)(=O)=O)cc5)CC4)c3c21. The lowest BCUT2D eigenvalue weighted by atomic mass is 9.86. The highest BCUT2D eigenvalue weighted by atomic mass is 32.2. The molecule has 0 atom stereocenters. The average Bonchev–Trinajstić information content (AvgIpc) is 3.62. The van der Waals surface area contributed by atoms with Gasteiger partial charge in [-0.2, -0.15) is 5.10 Å². The first-order valence-corrected chi connectivity index (χ1v) is 16.0. The van der Waals surface area contributed by atoms with E-state index in [0.29, 0.717) is 13.1 Å². The summed E-state index contributed by atoms with van der Waals surface area (Å²) in [6, 6.07) is 6.48. The molecule has 1 aliphatic heterocycles. The zero-order valence-corrected chi connectivity index (χ0v) is 25.3. The topological polar surface area (TPSA) is 128 Å². The second kappa shape index (κ2) is 10.3. The highest BCUT2D eigenvalue weighted by Gasteiger charge is 2.31. The second-order valence-corrected chi connectivity index (χ2v) is 13.6. The normalized spacial score (nSPS) is 15.0. The van der Waals surface area contributed by atoms with Crippen LogP contribution in [0.4, 0.5) is 0 Å². The first-order chi connectivity index (χ1) is 19.9. The molecule has 0 saturated carbocycles. The fraction of sp³-hybridized carbons (Fsp3) is 0.400. The Labute approximate surface area is 243 Å². The zero-order valence-electron chi connectivity index (χ0n) is 24.5. The third-order valence-corrected chi connectivity index (χ3v) is 9.51. The van der Waals surface area contributed by atoms with Gasteiger partial charge in [-0.15, -0.1) is 0 Å². The van der Waals surface area contributed by atoms with Gasteiger partial charge in [-0.3, -0.25) is 18.6 Å². The van der Waals surface area contributed by atoms with Crippen molar-refractivity contribution in [3.63, 3.8) is 0 Å². The van der Waals surface area contributed by atoms with Crippen LogP contribution in [0, 0.1) is 0 Å². The van der Waals surface area contributed by atoms with Crippen LogP contribution in [0.5, 0.6) is 0 Å². The Morgan fingerprint density at radius 1 is 1.10 bits per heavy atom. The first-order valence-electron chi connectivity index (χ1n) is 14.1. The molecule has 220 valence electrons. The number of likely N-dealkylation sites (tertiary alicyclic amines) is 1. The number of aromatic nitrogens is 6. The van der Waals surface area contributed by atoms with Crippen molar-refractivity contribution in [1.29, 1.82) is 0 Å². The van der Waals surface area contributed by atoms with E-state index >= 15 is 0 Å². The molecule has 0 spiro atoms. The van der Waals surface area contributed by atoms with E-state index in [1.54, 1.807) is 46.8 Å². The van der Waals surface area contributed by atoms with Crippen LogP contribution in [-0.2, 0) is 35.1 Å². The summed E-state index contributed by atoms with van der Waals surface area (Å²) in [6.07, 6.45) is 8.47. The quantitative estimate of drug-likeness (QED) is 0.323. The van der Waals surface area contributed by atoms with E-state index in [9.17, 15) is 18.0 Å². The van der Waals surface area contributed by atoms with Crippen molar-refractivity contribution in [2.45, 2.75) is 50.0 Å². The number of hydrogen-bond acceptors (Lipinski definition) is 6.